The molecule has 4 N–H and O–H groups in total. The first kappa shape index (κ1) is 18.2. The molecule has 0 aromatic rings. The number of nitrogens with zero attached hydrogens (tertiary/aromatic N) is 1. The van der Waals surface area contributed by atoms with Crippen LogP contribution in [0.1, 0.15) is 26.7 Å². The predicted octanol–water partition coefficient (Wildman–Crippen LogP) is -0.567. The van der Waals surface area contributed by atoms with Gasteiger partial charge in [-0.25, -0.2) is 0 Å². The van der Waals surface area contributed by atoms with Crippen molar-refractivity contribution in [2.45, 2.75) is 32.8 Å². The summed E-state index contributed by atoms with van der Waals surface area (Å²) >= 11 is 0. The van der Waals surface area contributed by atoms with E-state index in [4.69, 9.17) is 20.4 Å². The molecule has 0 aromatic heterocycles. The van der Waals surface area contributed by atoms with Crippen LogP contribution in [0.3, 0.4) is 0 Å². The van der Waals surface area contributed by atoms with Crippen LogP contribution in [0.15, 0.2) is 0 Å². The van der Waals surface area contributed by atoms with Gasteiger partial charge in [-0.2, -0.15) is 0 Å². The fourth-order valence-electron chi connectivity index (χ4n) is 1.18. The Morgan fingerprint density at radius 3 is 1.44 bits per heavy atom. The van der Waals surface area contributed by atoms with Crippen molar-refractivity contribution in [3.8, 4) is 0 Å². The zero-order valence-corrected chi connectivity index (χ0v) is 10.5. The van der Waals surface area contributed by atoms with Gasteiger partial charge in [0, 0.05) is 19.6 Å². The lowest BCUT2D eigenvalue weighted by Crippen LogP contribution is -2.32. The average Bonchev–Trinajstić information content (AvgIpc) is 2.19. The predicted molar refractivity (Wildman–Crippen MR) is 64.3 cm³/mol. The van der Waals surface area contributed by atoms with Crippen molar-refractivity contribution in [3.05, 3.63) is 0 Å². The zero-order valence-electron chi connectivity index (χ0n) is 10.5. The molecule has 0 fully saturated rings. The molecule has 0 aromatic carbocycles. The monoisotopic (exact) mass is 237 g/mol. The fourth-order valence-corrected chi connectivity index (χ4v) is 1.18. The highest BCUT2D eigenvalue weighted by atomic mass is 16.3. The van der Waals surface area contributed by atoms with Gasteiger partial charge >= 0.3 is 0 Å². The van der Waals surface area contributed by atoms with E-state index >= 15 is 0 Å². The number of hydrogen-bond donors (Lipinski definition) is 4. The molecule has 0 amide bonds. The highest BCUT2D eigenvalue weighted by molar-refractivity contribution is 4.54. The summed E-state index contributed by atoms with van der Waals surface area (Å²) in [5, 5.41) is 34.0. The van der Waals surface area contributed by atoms with Gasteiger partial charge in [0.1, 0.15) is 0 Å². The summed E-state index contributed by atoms with van der Waals surface area (Å²) < 4.78 is 0. The normalized spacial score (nSPS) is 12.2. The summed E-state index contributed by atoms with van der Waals surface area (Å²) in [6.45, 7) is 5.62. The minimum absolute atomic E-state index is 0.0694. The first-order valence-electron chi connectivity index (χ1n) is 5.85. The molecular formula is C11H27NO4. The minimum atomic E-state index is -0.102. The Labute approximate surface area is 98.3 Å². The molecule has 5 nitrogen and oxygen atoms in total. The van der Waals surface area contributed by atoms with Crippen molar-refractivity contribution in [1.82, 2.24) is 4.90 Å². The molecule has 100 valence electrons. The second-order valence-electron chi connectivity index (χ2n) is 3.65. The number of rotatable bonds is 8. The van der Waals surface area contributed by atoms with E-state index < -0.39 is 0 Å². The van der Waals surface area contributed by atoms with Crippen LogP contribution in [0.2, 0.25) is 0 Å². The Balaban J connectivity index is 0. The van der Waals surface area contributed by atoms with Crippen LogP contribution < -0.4 is 0 Å². The molecule has 0 aliphatic heterocycles. The van der Waals surface area contributed by atoms with E-state index in [-0.39, 0.29) is 25.9 Å². The van der Waals surface area contributed by atoms with E-state index in [1.165, 1.54) is 0 Å². The van der Waals surface area contributed by atoms with Crippen LogP contribution in [0.25, 0.3) is 0 Å². The van der Waals surface area contributed by atoms with Crippen molar-refractivity contribution in [2.24, 2.45) is 0 Å². The van der Waals surface area contributed by atoms with Crippen molar-refractivity contribution in [1.29, 1.82) is 0 Å². The number of aliphatic hydroxyl groups is 4. The minimum Gasteiger partial charge on any atom is -0.395 e. The number of hydrogen-bond acceptors (Lipinski definition) is 5. The third-order valence-corrected chi connectivity index (χ3v) is 1.96. The summed E-state index contributed by atoms with van der Waals surface area (Å²) in [5.74, 6) is 0. The topological polar surface area (TPSA) is 84.2 Å². The lowest BCUT2D eigenvalue weighted by molar-refractivity contribution is 0.136. The summed E-state index contributed by atoms with van der Waals surface area (Å²) in [4.78, 5) is 1.79. The Morgan fingerprint density at radius 1 is 0.938 bits per heavy atom. The SMILES string of the molecule is CCCC(C)O.OCCN(CCO)CCO. The van der Waals surface area contributed by atoms with Crippen molar-refractivity contribution in [2.75, 3.05) is 39.5 Å². The fraction of sp³-hybridized carbons (Fsp3) is 1.00. The summed E-state index contributed by atoms with van der Waals surface area (Å²) in [6, 6.07) is 0. The van der Waals surface area contributed by atoms with Crippen molar-refractivity contribution >= 4 is 0 Å². The van der Waals surface area contributed by atoms with E-state index in [1.807, 2.05) is 6.92 Å². The Hall–Kier alpha value is -0.200. The summed E-state index contributed by atoms with van der Waals surface area (Å²) in [6.07, 6.45) is 1.91. The highest BCUT2D eigenvalue weighted by Crippen LogP contribution is 1.91. The molecule has 16 heavy (non-hydrogen) atoms. The largest absolute Gasteiger partial charge is 0.395 e. The van der Waals surface area contributed by atoms with E-state index in [9.17, 15) is 0 Å². The van der Waals surface area contributed by atoms with E-state index in [0.717, 1.165) is 12.8 Å². The van der Waals surface area contributed by atoms with Gasteiger partial charge in [-0.1, -0.05) is 13.3 Å². The van der Waals surface area contributed by atoms with E-state index in [2.05, 4.69) is 6.92 Å². The Bertz CT molecular complexity index is 108. The highest BCUT2D eigenvalue weighted by Gasteiger charge is 2.00. The van der Waals surface area contributed by atoms with Crippen LogP contribution in [0, 0.1) is 0 Å². The lowest BCUT2D eigenvalue weighted by atomic mass is 10.2. The van der Waals surface area contributed by atoms with Crippen LogP contribution in [0.4, 0.5) is 0 Å². The lowest BCUT2D eigenvalue weighted by Gasteiger charge is -2.17. The van der Waals surface area contributed by atoms with Crippen LogP contribution in [-0.2, 0) is 0 Å². The van der Waals surface area contributed by atoms with E-state index in [0.29, 0.717) is 19.6 Å². The first-order valence-corrected chi connectivity index (χ1v) is 5.85. The molecule has 0 saturated heterocycles. The molecule has 0 rings (SSSR count). The molecule has 0 spiro atoms. The Kier molecular flexibility index (Phi) is 16.8. The van der Waals surface area contributed by atoms with Gasteiger partial charge in [0.05, 0.1) is 25.9 Å². The molecular weight excluding hydrogens is 210 g/mol. The second-order valence-corrected chi connectivity index (χ2v) is 3.65. The molecule has 0 radical (unpaired) electrons. The number of aliphatic hydroxyl groups excluding tert-OH is 4. The van der Waals surface area contributed by atoms with Gasteiger partial charge in [-0.05, 0) is 13.3 Å². The van der Waals surface area contributed by atoms with Crippen molar-refractivity contribution in [3.63, 3.8) is 0 Å². The van der Waals surface area contributed by atoms with Gasteiger partial charge in [-0.3, -0.25) is 4.90 Å². The van der Waals surface area contributed by atoms with Crippen LogP contribution in [0.5, 0.6) is 0 Å². The summed E-state index contributed by atoms with van der Waals surface area (Å²) in [7, 11) is 0. The molecule has 5 heteroatoms. The van der Waals surface area contributed by atoms with Gasteiger partial charge in [0.25, 0.3) is 0 Å². The third kappa shape index (κ3) is 16.2. The molecule has 1 atom stereocenters. The van der Waals surface area contributed by atoms with Crippen LogP contribution >= 0.6 is 0 Å². The van der Waals surface area contributed by atoms with Gasteiger partial charge in [0.2, 0.25) is 0 Å². The quantitative estimate of drug-likeness (QED) is 0.454. The second kappa shape index (κ2) is 14.8. The van der Waals surface area contributed by atoms with E-state index in [1.54, 1.807) is 4.90 Å². The van der Waals surface area contributed by atoms with Crippen LogP contribution in [-0.4, -0.2) is 70.9 Å². The molecule has 0 aliphatic carbocycles. The van der Waals surface area contributed by atoms with Gasteiger partial charge in [-0.15, -0.1) is 0 Å². The molecule has 0 heterocycles. The maximum absolute atomic E-state index is 8.55. The maximum atomic E-state index is 8.55. The van der Waals surface area contributed by atoms with Gasteiger partial charge in [0.15, 0.2) is 0 Å². The standard InChI is InChI=1S/C6H15NO3.C5H12O/c8-4-1-7(2-5-9)3-6-10;1-3-4-5(2)6/h8-10H,1-6H2;5-6H,3-4H2,1-2H3. The molecule has 0 bridgehead atoms. The molecule has 0 aliphatic rings. The maximum Gasteiger partial charge on any atom is 0.0558 e. The molecule has 1 unspecified atom stereocenters. The van der Waals surface area contributed by atoms with Crippen molar-refractivity contribution < 1.29 is 20.4 Å². The summed E-state index contributed by atoms with van der Waals surface area (Å²) in [5.41, 5.74) is 0. The van der Waals surface area contributed by atoms with Gasteiger partial charge < -0.3 is 20.4 Å². The molecule has 0 saturated carbocycles. The Morgan fingerprint density at radius 2 is 1.31 bits per heavy atom. The third-order valence-electron chi connectivity index (χ3n) is 1.96. The smallest absolute Gasteiger partial charge is 0.0558 e. The first-order chi connectivity index (χ1) is 7.62. The average molecular weight is 237 g/mol. The zero-order chi connectivity index (χ0) is 12.8.